The smallest absolute Gasteiger partial charge is 0.0482 e. The Hall–Kier alpha value is -1.15. The maximum Gasteiger partial charge on any atom is 0.0482 e. The van der Waals surface area contributed by atoms with E-state index in [-0.39, 0.29) is 6.04 Å². The molecule has 15 heavy (non-hydrogen) atoms. The highest BCUT2D eigenvalue weighted by Gasteiger charge is 2.25. The quantitative estimate of drug-likeness (QED) is 0.764. The van der Waals surface area contributed by atoms with Crippen LogP contribution in [0.2, 0.25) is 0 Å². The number of nitrogens with two attached hydrogens (primary N) is 1. The predicted molar refractivity (Wildman–Crippen MR) is 62.7 cm³/mol. The van der Waals surface area contributed by atoms with Crippen LogP contribution in [0.25, 0.3) is 0 Å². The fraction of sp³-hybridized carbons (Fsp3) is 0.462. The van der Waals surface area contributed by atoms with Gasteiger partial charge in [-0.15, -0.1) is 6.58 Å². The number of hydrogen-bond acceptors (Lipinski definition) is 2. The lowest BCUT2D eigenvalue weighted by Gasteiger charge is -2.28. The van der Waals surface area contributed by atoms with Crippen molar-refractivity contribution in [3.63, 3.8) is 0 Å². The molecule has 2 unspecified atom stereocenters. The minimum atomic E-state index is 0.177. The standard InChI is InChI=1S/C13H18N2/c1-2-5-12(14)11-8-3-6-10-7-4-9-15-13(10)11/h2,4,7,9,11-12H,1,3,5-6,8,14H2. The number of rotatable bonds is 3. The Labute approximate surface area is 91.2 Å². The third-order valence-electron chi connectivity index (χ3n) is 3.19. The van der Waals surface area contributed by atoms with E-state index in [9.17, 15) is 0 Å². The Morgan fingerprint density at radius 3 is 3.33 bits per heavy atom. The highest BCUT2D eigenvalue weighted by atomic mass is 14.7. The van der Waals surface area contributed by atoms with Gasteiger partial charge in [-0.2, -0.15) is 0 Å². The van der Waals surface area contributed by atoms with Gasteiger partial charge in [-0.25, -0.2) is 0 Å². The number of pyridine rings is 1. The molecular weight excluding hydrogens is 184 g/mol. The Morgan fingerprint density at radius 2 is 2.53 bits per heavy atom. The molecule has 0 fully saturated rings. The highest BCUT2D eigenvalue weighted by molar-refractivity contribution is 5.27. The van der Waals surface area contributed by atoms with Crippen LogP contribution in [0, 0.1) is 0 Å². The summed E-state index contributed by atoms with van der Waals surface area (Å²) in [6.07, 6.45) is 8.20. The van der Waals surface area contributed by atoms with E-state index in [1.165, 1.54) is 24.1 Å². The molecule has 80 valence electrons. The Morgan fingerprint density at radius 1 is 1.67 bits per heavy atom. The van der Waals surface area contributed by atoms with Crippen molar-refractivity contribution in [3.05, 3.63) is 42.2 Å². The van der Waals surface area contributed by atoms with Crippen molar-refractivity contribution < 1.29 is 0 Å². The lowest BCUT2D eigenvalue weighted by molar-refractivity contribution is 0.454. The Bertz CT molecular complexity index is 346. The summed E-state index contributed by atoms with van der Waals surface area (Å²) < 4.78 is 0. The van der Waals surface area contributed by atoms with Crippen LogP contribution in [0.4, 0.5) is 0 Å². The van der Waals surface area contributed by atoms with Gasteiger partial charge >= 0.3 is 0 Å². The molecule has 0 bridgehead atoms. The molecule has 1 heterocycles. The second-order valence-electron chi connectivity index (χ2n) is 4.23. The molecule has 0 aromatic carbocycles. The monoisotopic (exact) mass is 202 g/mol. The largest absolute Gasteiger partial charge is 0.327 e. The molecule has 2 heteroatoms. The first-order chi connectivity index (χ1) is 7.33. The predicted octanol–water partition coefficient (Wildman–Crippen LogP) is 2.40. The van der Waals surface area contributed by atoms with E-state index < -0.39 is 0 Å². The molecule has 1 aliphatic carbocycles. The molecular formula is C13H18N2. The van der Waals surface area contributed by atoms with Crippen molar-refractivity contribution in [3.8, 4) is 0 Å². The average molecular weight is 202 g/mol. The molecule has 0 amide bonds. The van der Waals surface area contributed by atoms with Gasteiger partial charge in [-0.1, -0.05) is 12.1 Å². The molecule has 0 spiro atoms. The molecule has 1 aromatic heterocycles. The van der Waals surface area contributed by atoms with Gasteiger partial charge in [0.1, 0.15) is 0 Å². The van der Waals surface area contributed by atoms with Gasteiger partial charge in [0.25, 0.3) is 0 Å². The molecule has 0 saturated carbocycles. The first-order valence-electron chi connectivity index (χ1n) is 5.63. The van der Waals surface area contributed by atoms with Gasteiger partial charge in [0, 0.05) is 23.9 Å². The van der Waals surface area contributed by atoms with Crippen molar-refractivity contribution in [2.75, 3.05) is 0 Å². The Kier molecular flexibility index (Phi) is 3.17. The fourth-order valence-electron chi connectivity index (χ4n) is 2.42. The maximum absolute atomic E-state index is 6.16. The zero-order valence-electron chi connectivity index (χ0n) is 9.02. The van der Waals surface area contributed by atoms with Crippen molar-refractivity contribution >= 4 is 0 Å². The number of fused-ring (bicyclic) bond motifs is 1. The van der Waals surface area contributed by atoms with Crippen LogP contribution in [0.3, 0.4) is 0 Å². The lowest BCUT2D eigenvalue weighted by Crippen LogP contribution is -2.31. The third-order valence-corrected chi connectivity index (χ3v) is 3.19. The first-order valence-corrected chi connectivity index (χ1v) is 5.63. The van der Waals surface area contributed by atoms with E-state index in [4.69, 9.17) is 5.73 Å². The zero-order chi connectivity index (χ0) is 10.7. The van der Waals surface area contributed by atoms with Gasteiger partial charge < -0.3 is 5.73 Å². The van der Waals surface area contributed by atoms with Crippen LogP contribution >= 0.6 is 0 Å². The first kappa shape index (κ1) is 10.4. The van der Waals surface area contributed by atoms with Crippen LogP contribution in [0.15, 0.2) is 31.0 Å². The molecule has 2 nitrogen and oxygen atoms in total. The SMILES string of the molecule is C=CCC(N)C1CCCc2cccnc21. The van der Waals surface area contributed by atoms with Gasteiger partial charge in [0.05, 0.1) is 0 Å². The Balaban J connectivity index is 2.25. The normalized spacial score (nSPS) is 21.8. The summed E-state index contributed by atoms with van der Waals surface area (Å²) >= 11 is 0. The topological polar surface area (TPSA) is 38.9 Å². The number of nitrogens with zero attached hydrogens (tertiary/aromatic N) is 1. The summed E-state index contributed by atoms with van der Waals surface area (Å²) in [5.41, 5.74) is 8.77. The fourth-order valence-corrected chi connectivity index (χ4v) is 2.42. The van der Waals surface area contributed by atoms with Crippen molar-refractivity contribution in [2.45, 2.75) is 37.6 Å². The van der Waals surface area contributed by atoms with Gasteiger partial charge in [-0.3, -0.25) is 4.98 Å². The molecule has 2 N–H and O–H groups in total. The molecule has 1 aliphatic rings. The average Bonchev–Trinajstić information content (AvgIpc) is 2.28. The highest BCUT2D eigenvalue weighted by Crippen LogP contribution is 2.32. The summed E-state index contributed by atoms with van der Waals surface area (Å²) in [6, 6.07) is 4.37. The molecule has 0 aliphatic heterocycles. The van der Waals surface area contributed by atoms with Crippen molar-refractivity contribution in [2.24, 2.45) is 5.73 Å². The van der Waals surface area contributed by atoms with Crippen LogP contribution in [-0.2, 0) is 6.42 Å². The lowest BCUT2D eigenvalue weighted by atomic mass is 9.81. The van der Waals surface area contributed by atoms with Gasteiger partial charge in [0.15, 0.2) is 0 Å². The van der Waals surface area contributed by atoms with Crippen LogP contribution in [0.1, 0.15) is 36.4 Å². The van der Waals surface area contributed by atoms with Gasteiger partial charge in [0.2, 0.25) is 0 Å². The summed E-state index contributed by atoms with van der Waals surface area (Å²) in [5.74, 6) is 0.424. The van der Waals surface area contributed by atoms with Gasteiger partial charge in [-0.05, 0) is 37.3 Å². The van der Waals surface area contributed by atoms with Crippen LogP contribution in [-0.4, -0.2) is 11.0 Å². The van der Waals surface area contributed by atoms with Crippen LogP contribution < -0.4 is 5.73 Å². The molecule has 2 rings (SSSR count). The molecule has 2 atom stereocenters. The van der Waals surface area contributed by atoms with Crippen molar-refractivity contribution in [1.29, 1.82) is 0 Å². The molecule has 0 radical (unpaired) electrons. The van der Waals surface area contributed by atoms with E-state index in [0.717, 1.165) is 12.8 Å². The molecule has 1 aromatic rings. The maximum atomic E-state index is 6.16. The second-order valence-corrected chi connectivity index (χ2v) is 4.23. The van der Waals surface area contributed by atoms with E-state index >= 15 is 0 Å². The minimum absolute atomic E-state index is 0.177. The summed E-state index contributed by atoms with van der Waals surface area (Å²) in [7, 11) is 0. The molecule has 0 saturated heterocycles. The summed E-state index contributed by atoms with van der Waals surface area (Å²) in [4.78, 5) is 4.49. The second kappa shape index (κ2) is 4.58. The number of aryl methyl sites for hydroxylation is 1. The van der Waals surface area contributed by atoms with E-state index in [2.05, 4.69) is 17.6 Å². The summed E-state index contributed by atoms with van der Waals surface area (Å²) in [5, 5.41) is 0. The van der Waals surface area contributed by atoms with E-state index in [1.807, 2.05) is 18.3 Å². The van der Waals surface area contributed by atoms with E-state index in [0.29, 0.717) is 5.92 Å². The summed E-state index contributed by atoms with van der Waals surface area (Å²) in [6.45, 7) is 3.75. The van der Waals surface area contributed by atoms with Crippen LogP contribution in [0.5, 0.6) is 0 Å². The number of aromatic nitrogens is 1. The zero-order valence-corrected chi connectivity index (χ0v) is 9.02. The minimum Gasteiger partial charge on any atom is -0.327 e. The third kappa shape index (κ3) is 2.10. The number of hydrogen-bond donors (Lipinski definition) is 1. The van der Waals surface area contributed by atoms with E-state index in [1.54, 1.807) is 0 Å². The van der Waals surface area contributed by atoms with Crippen molar-refractivity contribution in [1.82, 2.24) is 4.98 Å².